The number of nitrogens with one attached hydrogen (secondary N) is 1. The highest BCUT2D eigenvalue weighted by atomic mass is 32.2. The molecule has 26 heavy (non-hydrogen) atoms. The summed E-state index contributed by atoms with van der Waals surface area (Å²) in [7, 11) is -2.04. The molecule has 1 heterocycles. The van der Waals surface area contributed by atoms with Gasteiger partial charge in [-0.05, 0) is 24.3 Å². The molecule has 2 rings (SSSR count). The van der Waals surface area contributed by atoms with Crippen molar-refractivity contribution in [2.75, 3.05) is 7.11 Å². The molecular weight excluding hydrogens is 372 g/mol. The van der Waals surface area contributed by atoms with Crippen molar-refractivity contribution in [2.24, 2.45) is 12.8 Å². The van der Waals surface area contributed by atoms with Crippen molar-refractivity contribution >= 4 is 21.9 Å². The fourth-order valence-corrected chi connectivity index (χ4v) is 3.47. The maximum atomic E-state index is 14.0. The highest BCUT2D eigenvalue weighted by Crippen LogP contribution is 2.23. The number of carbonyl (C=O) groups excluding carboxylic acids is 2. The Bertz CT molecular complexity index is 972. The second-order valence-corrected chi connectivity index (χ2v) is 6.99. The fraction of sp³-hybridized carbons (Fsp3) is 0.200. The number of hydrogen-bond acceptors (Lipinski definition) is 5. The predicted molar refractivity (Wildman–Crippen MR) is 85.4 cm³/mol. The molecule has 3 N–H and O–H groups in total. The van der Waals surface area contributed by atoms with Gasteiger partial charge in [0.05, 0.1) is 7.11 Å². The lowest BCUT2D eigenvalue weighted by molar-refractivity contribution is -0.142. The van der Waals surface area contributed by atoms with Crippen molar-refractivity contribution in [3.8, 4) is 0 Å². The van der Waals surface area contributed by atoms with Gasteiger partial charge in [0.2, 0.25) is 10.0 Å². The number of aromatic nitrogens is 1. The first-order valence-electron chi connectivity index (χ1n) is 7.08. The molecule has 0 saturated heterocycles. The smallest absolute Gasteiger partial charge is 0.328 e. The molecular formula is C15H15F2N3O5S. The summed E-state index contributed by atoms with van der Waals surface area (Å²) >= 11 is 0. The number of amides is 1. The Morgan fingerprint density at radius 1 is 1.27 bits per heavy atom. The van der Waals surface area contributed by atoms with Crippen LogP contribution >= 0.6 is 0 Å². The van der Waals surface area contributed by atoms with E-state index in [1.807, 2.05) is 4.72 Å². The van der Waals surface area contributed by atoms with E-state index in [4.69, 9.17) is 5.73 Å². The number of rotatable bonds is 6. The third-order valence-electron chi connectivity index (χ3n) is 3.52. The molecule has 1 amide bonds. The Morgan fingerprint density at radius 2 is 1.92 bits per heavy atom. The highest BCUT2D eigenvalue weighted by Gasteiger charge is 2.31. The molecule has 0 saturated carbocycles. The van der Waals surface area contributed by atoms with E-state index < -0.39 is 45.1 Å². The molecule has 0 aliphatic carbocycles. The van der Waals surface area contributed by atoms with Gasteiger partial charge in [0.15, 0.2) is 0 Å². The van der Waals surface area contributed by atoms with E-state index in [0.717, 1.165) is 31.5 Å². The fourth-order valence-electron chi connectivity index (χ4n) is 2.24. The van der Waals surface area contributed by atoms with Crippen LogP contribution in [-0.2, 0) is 26.6 Å². The van der Waals surface area contributed by atoms with E-state index >= 15 is 0 Å². The molecule has 0 spiro atoms. The molecule has 140 valence electrons. The summed E-state index contributed by atoms with van der Waals surface area (Å²) in [6.45, 7) is 0. The molecule has 8 nitrogen and oxygen atoms in total. The zero-order chi connectivity index (χ0) is 19.6. The standard InChI is InChI=1S/C15H15F2N3O5S/c1-20-7-9(6-12(20)14(18)21)26(23,24)19-13(15(22)25-2)10-5-8(16)3-4-11(10)17/h3-7,13,19H,1-2H3,(H2,18,21). The van der Waals surface area contributed by atoms with Crippen LogP contribution in [0.25, 0.3) is 0 Å². The number of methoxy groups -OCH3 is 1. The van der Waals surface area contributed by atoms with Crippen molar-refractivity contribution in [1.82, 2.24) is 9.29 Å². The average Bonchev–Trinajstić information content (AvgIpc) is 2.97. The lowest BCUT2D eigenvalue weighted by atomic mass is 10.1. The molecule has 0 fully saturated rings. The van der Waals surface area contributed by atoms with Gasteiger partial charge in [-0.25, -0.2) is 22.0 Å². The van der Waals surface area contributed by atoms with Crippen molar-refractivity contribution in [2.45, 2.75) is 10.9 Å². The van der Waals surface area contributed by atoms with E-state index in [9.17, 15) is 26.8 Å². The maximum Gasteiger partial charge on any atom is 0.328 e. The Hall–Kier alpha value is -2.79. The third kappa shape index (κ3) is 3.89. The van der Waals surface area contributed by atoms with Crippen LogP contribution < -0.4 is 10.5 Å². The minimum Gasteiger partial charge on any atom is -0.468 e. The Kier molecular flexibility index (Phi) is 5.42. The van der Waals surface area contributed by atoms with Crippen molar-refractivity contribution < 1.29 is 31.5 Å². The monoisotopic (exact) mass is 387 g/mol. The molecule has 0 aliphatic heterocycles. The number of sulfonamides is 1. The Morgan fingerprint density at radius 3 is 2.46 bits per heavy atom. The predicted octanol–water partition coefficient (Wildman–Crippen LogP) is 0.595. The van der Waals surface area contributed by atoms with E-state index in [-0.39, 0.29) is 10.6 Å². The van der Waals surface area contributed by atoms with Gasteiger partial charge in [-0.2, -0.15) is 4.72 Å². The highest BCUT2D eigenvalue weighted by molar-refractivity contribution is 7.89. The van der Waals surface area contributed by atoms with E-state index in [1.165, 1.54) is 11.6 Å². The van der Waals surface area contributed by atoms with Gasteiger partial charge in [0, 0.05) is 18.8 Å². The maximum absolute atomic E-state index is 14.0. The molecule has 0 aliphatic rings. The largest absolute Gasteiger partial charge is 0.468 e. The van der Waals surface area contributed by atoms with Crippen LogP contribution in [0, 0.1) is 11.6 Å². The lowest BCUT2D eigenvalue weighted by Gasteiger charge is -2.17. The quantitative estimate of drug-likeness (QED) is 0.703. The number of ether oxygens (including phenoxy) is 1. The molecule has 1 aromatic heterocycles. The number of esters is 1. The summed E-state index contributed by atoms with van der Waals surface area (Å²) in [5, 5.41) is 0. The van der Waals surface area contributed by atoms with Crippen LogP contribution in [0.15, 0.2) is 35.4 Å². The van der Waals surface area contributed by atoms with Gasteiger partial charge < -0.3 is 15.0 Å². The molecule has 1 unspecified atom stereocenters. The van der Waals surface area contributed by atoms with Crippen molar-refractivity contribution in [3.63, 3.8) is 0 Å². The first-order chi connectivity index (χ1) is 12.1. The van der Waals surface area contributed by atoms with Crippen LogP contribution in [0.5, 0.6) is 0 Å². The number of nitrogens with two attached hydrogens (primary N) is 1. The van der Waals surface area contributed by atoms with Gasteiger partial charge in [-0.15, -0.1) is 0 Å². The average molecular weight is 387 g/mol. The summed E-state index contributed by atoms with van der Waals surface area (Å²) < 4.78 is 60.1. The third-order valence-corrected chi connectivity index (χ3v) is 4.91. The zero-order valence-corrected chi connectivity index (χ0v) is 14.5. The molecule has 0 radical (unpaired) electrons. The molecule has 1 atom stereocenters. The van der Waals surface area contributed by atoms with E-state index in [2.05, 4.69) is 4.74 Å². The van der Waals surface area contributed by atoms with Gasteiger partial charge in [0.25, 0.3) is 5.91 Å². The summed E-state index contributed by atoms with van der Waals surface area (Å²) in [6.07, 6.45) is 1.08. The summed E-state index contributed by atoms with van der Waals surface area (Å²) in [4.78, 5) is 22.8. The van der Waals surface area contributed by atoms with E-state index in [0.29, 0.717) is 6.07 Å². The molecule has 2 aromatic rings. The number of halogens is 2. The minimum absolute atomic E-state index is 0.100. The normalized spacial score (nSPS) is 12.6. The van der Waals surface area contributed by atoms with Gasteiger partial charge in [-0.1, -0.05) is 0 Å². The van der Waals surface area contributed by atoms with Crippen molar-refractivity contribution in [3.05, 3.63) is 53.4 Å². The molecule has 11 heteroatoms. The number of hydrogen-bond donors (Lipinski definition) is 2. The summed E-state index contributed by atoms with van der Waals surface area (Å²) in [5.74, 6) is -3.89. The van der Waals surface area contributed by atoms with Gasteiger partial charge >= 0.3 is 5.97 Å². The lowest BCUT2D eigenvalue weighted by Crippen LogP contribution is -2.35. The SMILES string of the molecule is COC(=O)C(NS(=O)(=O)c1cc(C(N)=O)n(C)c1)c1cc(F)ccc1F. The second kappa shape index (κ2) is 7.22. The van der Waals surface area contributed by atoms with Crippen LogP contribution in [0.1, 0.15) is 22.1 Å². The second-order valence-electron chi connectivity index (χ2n) is 5.28. The van der Waals surface area contributed by atoms with Crippen LogP contribution in [-0.4, -0.2) is 32.0 Å². The Balaban J connectivity index is 2.48. The van der Waals surface area contributed by atoms with E-state index in [1.54, 1.807) is 0 Å². The summed E-state index contributed by atoms with van der Waals surface area (Å²) in [5.41, 5.74) is 4.48. The molecule has 0 bridgehead atoms. The molecule has 1 aromatic carbocycles. The number of carbonyl (C=O) groups is 2. The van der Waals surface area contributed by atoms with Gasteiger partial charge in [0.1, 0.15) is 28.3 Å². The topological polar surface area (TPSA) is 120 Å². The number of primary amides is 1. The van der Waals surface area contributed by atoms with Crippen LogP contribution in [0.4, 0.5) is 8.78 Å². The number of nitrogens with zero attached hydrogens (tertiary/aromatic N) is 1. The first kappa shape index (κ1) is 19.5. The minimum atomic E-state index is -4.40. The number of aryl methyl sites for hydroxylation is 1. The van der Waals surface area contributed by atoms with Gasteiger partial charge in [-0.3, -0.25) is 4.79 Å². The Labute approximate surface area is 147 Å². The number of benzene rings is 1. The van der Waals surface area contributed by atoms with Crippen molar-refractivity contribution in [1.29, 1.82) is 0 Å². The first-order valence-corrected chi connectivity index (χ1v) is 8.56. The van der Waals surface area contributed by atoms with Crippen LogP contribution in [0.2, 0.25) is 0 Å². The zero-order valence-electron chi connectivity index (χ0n) is 13.7. The summed E-state index contributed by atoms with van der Waals surface area (Å²) in [6, 6.07) is 1.40. The van der Waals surface area contributed by atoms with Crippen LogP contribution in [0.3, 0.4) is 0 Å².